The largest absolute Gasteiger partial charge is 0.670 e. The third kappa shape index (κ3) is 8.01. The predicted molar refractivity (Wildman–Crippen MR) is 201 cm³/mol. The highest BCUT2D eigenvalue weighted by atomic mass is 16.5. The number of rotatable bonds is 17. The Morgan fingerprint density at radius 3 is 2.44 bits per heavy atom. The van der Waals surface area contributed by atoms with Gasteiger partial charge in [0.1, 0.15) is 17.9 Å². The third-order valence-corrected chi connectivity index (χ3v) is 10.2. The second kappa shape index (κ2) is 16.2. The minimum absolute atomic E-state index is 0.0228. The van der Waals surface area contributed by atoms with E-state index in [2.05, 4.69) is 34.2 Å². The first-order valence-electron chi connectivity index (χ1n) is 17.4. The Bertz CT molecular complexity index is 2060. The lowest BCUT2D eigenvalue weighted by Gasteiger charge is -2.32. The lowest BCUT2D eigenvalue weighted by molar-refractivity contribution is -0.134. The van der Waals surface area contributed by atoms with E-state index in [4.69, 9.17) is 9.47 Å². The molecule has 6 rings (SSSR count). The zero-order valence-electron chi connectivity index (χ0n) is 29.4. The fraction of sp³-hybridized carbons (Fsp3) is 0.279. The highest BCUT2D eigenvalue weighted by molar-refractivity contribution is 5.89. The molecule has 3 atom stereocenters. The number of aliphatic imine (C=N–C) groups is 1. The predicted octanol–water partition coefficient (Wildman–Crippen LogP) is 6.32. The molecule has 5 aromatic rings. The number of Topliss-reactive ketones (excluding diaryl/α,β-unsaturated/α-hetero) is 1. The molecule has 4 aromatic carbocycles. The molecule has 1 aliphatic rings. The van der Waals surface area contributed by atoms with E-state index in [9.17, 15) is 25.2 Å². The monoisotopic (exact) mass is 700 g/mol. The summed E-state index contributed by atoms with van der Waals surface area (Å²) in [6.07, 6.45) is 7.30. The molecule has 0 unspecified atom stereocenters. The lowest BCUT2D eigenvalue weighted by Crippen LogP contribution is -2.41. The molecule has 9 nitrogen and oxygen atoms in total. The fourth-order valence-corrected chi connectivity index (χ4v) is 7.35. The van der Waals surface area contributed by atoms with Gasteiger partial charge < -0.3 is 34.9 Å². The molecule has 52 heavy (non-hydrogen) atoms. The maximum Gasteiger partial charge on any atom is 0.176 e. The number of aromatic hydroxyl groups is 2. The molecule has 1 aliphatic heterocycles. The van der Waals surface area contributed by atoms with Crippen molar-refractivity contribution in [2.75, 3.05) is 20.8 Å². The van der Waals surface area contributed by atoms with Gasteiger partial charge in [-0.05, 0) is 70.8 Å². The molecule has 0 aliphatic carbocycles. The molecule has 0 fully saturated rings. The van der Waals surface area contributed by atoms with E-state index < -0.39 is 24.0 Å². The summed E-state index contributed by atoms with van der Waals surface area (Å²) < 4.78 is 11.1. The number of fused-ring (bicyclic) bond motifs is 1. The Morgan fingerprint density at radius 1 is 0.904 bits per heavy atom. The molecular weight excluding hydrogens is 656 g/mol. The Labute approximate surface area is 303 Å². The second-order valence-corrected chi connectivity index (χ2v) is 13.6. The number of benzene rings is 4. The van der Waals surface area contributed by atoms with Crippen LogP contribution in [0.25, 0.3) is 10.8 Å². The van der Waals surface area contributed by atoms with Gasteiger partial charge in [0.2, 0.25) is 0 Å². The van der Waals surface area contributed by atoms with Crippen LogP contribution in [0, 0.1) is 17.9 Å². The van der Waals surface area contributed by atoms with Gasteiger partial charge in [0, 0.05) is 24.8 Å². The van der Waals surface area contributed by atoms with Gasteiger partial charge in [0.15, 0.2) is 29.2 Å². The Kier molecular flexibility index (Phi) is 11.3. The van der Waals surface area contributed by atoms with Crippen LogP contribution in [-0.2, 0) is 30.5 Å². The average Bonchev–Trinajstić information content (AvgIpc) is 3.88. The SMILES string of the molecule is COc1cc(C[C@](CO)(CC2=C[CH+]N=C2)C(=O)C[C@@H](O)[C@H](Cc2cc[n-]c2)Cc2ccc(O)c(OC)c2Cc2cccc3ccccc23)ccc1O. The third-order valence-electron chi connectivity index (χ3n) is 10.2. The van der Waals surface area contributed by atoms with E-state index in [1.807, 2.05) is 36.4 Å². The van der Waals surface area contributed by atoms with Crippen LogP contribution in [0.5, 0.6) is 23.0 Å². The van der Waals surface area contributed by atoms with E-state index >= 15 is 0 Å². The van der Waals surface area contributed by atoms with Crippen molar-refractivity contribution in [3.63, 3.8) is 0 Å². The summed E-state index contributed by atoms with van der Waals surface area (Å²) in [5.74, 6) is -0.0940. The number of aromatic nitrogens is 1. The van der Waals surface area contributed by atoms with Gasteiger partial charge in [-0.1, -0.05) is 66.2 Å². The van der Waals surface area contributed by atoms with Crippen LogP contribution in [0.15, 0.2) is 108 Å². The molecule has 268 valence electrons. The van der Waals surface area contributed by atoms with Crippen LogP contribution in [0.1, 0.15) is 40.7 Å². The fourth-order valence-electron chi connectivity index (χ4n) is 7.35. The van der Waals surface area contributed by atoms with Crippen LogP contribution in [0.3, 0.4) is 0 Å². The highest BCUT2D eigenvalue weighted by Gasteiger charge is 2.42. The van der Waals surface area contributed by atoms with Gasteiger partial charge >= 0.3 is 0 Å². The van der Waals surface area contributed by atoms with Crippen molar-refractivity contribution in [2.24, 2.45) is 16.3 Å². The minimum atomic E-state index is -1.29. The van der Waals surface area contributed by atoms with Crippen molar-refractivity contribution >= 4 is 22.8 Å². The normalized spacial score (nSPS) is 14.7. The standard InChI is InChI=1S/C43H44N2O7/c1-51-40-19-28(10-12-37(40)47)23-43(27-46,24-30-15-17-45-26-30)41(50)22-39(49)34(18-29-14-16-44-25-29)20-33-11-13-38(48)42(52-2)36(33)21-32-8-5-7-31-6-3-4-9-35(31)32/h3-17,19,25-26,34,39,46-49H,18,20-24,27H2,1-2H3/t34-,39-,43-/m1/s1. The van der Waals surface area contributed by atoms with Gasteiger partial charge in [-0.3, -0.25) is 4.79 Å². The van der Waals surface area contributed by atoms with Crippen molar-refractivity contribution in [2.45, 2.75) is 44.6 Å². The number of ketones is 1. The van der Waals surface area contributed by atoms with Gasteiger partial charge in [-0.25, -0.2) is 0 Å². The summed E-state index contributed by atoms with van der Waals surface area (Å²) in [6, 6.07) is 24.5. The lowest BCUT2D eigenvalue weighted by atomic mass is 9.71. The molecule has 4 N–H and O–H groups in total. The summed E-state index contributed by atoms with van der Waals surface area (Å²) >= 11 is 0. The van der Waals surface area contributed by atoms with Crippen molar-refractivity contribution in [3.05, 3.63) is 137 Å². The van der Waals surface area contributed by atoms with E-state index in [-0.39, 0.29) is 42.3 Å². The van der Waals surface area contributed by atoms with E-state index in [1.54, 1.807) is 43.4 Å². The summed E-state index contributed by atoms with van der Waals surface area (Å²) in [4.78, 5) is 22.9. The number of carbonyl (C=O) groups is 1. The molecule has 0 saturated carbocycles. The van der Waals surface area contributed by atoms with E-state index in [1.165, 1.54) is 20.3 Å². The Morgan fingerprint density at radius 2 is 1.71 bits per heavy atom. The summed E-state index contributed by atoms with van der Waals surface area (Å²) in [7, 11) is 2.99. The Balaban J connectivity index is 1.33. The average molecular weight is 701 g/mol. The van der Waals surface area contributed by atoms with Gasteiger partial charge in [-0.2, -0.15) is 12.4 Å². The van der Waals surface area contributed by atoms with E-state index in [0.717, 1.165) is 38.6 Å². The zero-order chi connectivity index (χ0) is 36.7. The molecule has 0 saturated heterocycles. The number of hydrogen-bond acceptors (Lipinski definition) is 8. The molecule has 0 amide bonds. The number of nitrogens with zero attached hydrogens (tertiary/aromatic N) is 2. The topological polar surface area (TPSA) is 143 Å². The summed E-state index contributed by atoms with van der Waals surface area (Å²) in [6.45, 7) is 1.18. The maximum absolute atomic E-state index is 14.5. The number of phenolic OH excluding ortho intramolecular Hbond substituents is 2. The number of aliphatic hydroxyl groups excluding tert-OH is 2. The van der Waals surface area contributed by atoms with Crippen molar-refractivity contribution in [3.8, 4) is 23.0 Å². The minimum Gasteiger partial charge on any atom is -0.670 e. The van der Waals surface area contributed by atoms with Gasteiger partial charge in [-0.15, -0.1) is 4.99 Å². The second-order valence-electron chi connectivity index (χ2n) is 13.6. The van der Waals surface area contributed by atoms with Crippen LogP contribution in [0.4, 0.5) is 0 Å². The number of ether oxygens (including phenoxy) is 2. The molecular formula is C43H44N2O7. The Hall–Kier alpha value is -5.51. The molecule has 0 bridgehead atoms. The number of carbonyl (C=O) groups excluding carboxylic acids is 1. The quantitative estimate of drug-likeness (QED) is 0.0826. The number of allylic oxidation sites excluding steroid dienone is 1. The zero-order valence-corrected chi connectivity index (χ0v) is 29.4. The number of hydrogen-bond donors (Lipinski definition) is 4. The van der Waals surface area contributed by atoms with Crippen LogP contribution in [-0.4, -0.2) is 59.4 Å². The highest BCUT2D eigenvalue weighted by Crippen LogP contribution is 2.39. The molecule has 0 spiro atoms. The number of methoxy groups -OCH3 is 2. The summed E-state index contributed by atoms with van der Waals surface area (Å²) in [5.41, 5.74) is 3.87. The maximum atomic E-state index is 14.5. The van der Waals surface area contributed by atoms with Crippen LogP contribution in [0.2, 0.25) is 0 Å². The first kappa shape index (κ1) is 36.3. The number of phenols is 2. The first-order valence-corrected chi connectivity index (χ1v) is 17.4. The van der Waals surface area contributed by atoms with Crippen molar-refractivity contribution in [1.29, 1.82) is 0 Å². The van der Waals surface area contributed by atoms with E-state index in [0.29, 0.717) is 30.6 Å². The number of aliphatic hydroxyl groups is 2. The molecule has 1 aromatic heterocycles. The van der Waals surface area contributed by atoms with Crippen molar-refractivity contribution in [1.82, 2.24) is 4.98 Å². The van der Waals surface area contributed by atoms with Crippen LogP contribution >= 0.6 is 0 Å². The summed E-state index contributed by atoms with van der Waals surface area (Å²) in [5, 5.41) is 46.3. The van der Waals surface area contributed by atoms with Gasteiger partial charge in [0.05, 0.1) is 38.4 Å². The molecule has 9 heteroatoms. The molecule has 0 radical (unpaired) electrons. The molecule has 2 heterocycles. The van der Waals surface area contributed by atoms with Crippen LogP contribution < -0.4 is 14.5 Å². The van der Waals surface area contributed by atoms with Crippen molar-refractivity contribution < 1.29 is 34.7 Å². The first-order chi connectivity index (χ1) is 25.2. The van der Waals surface area contributed by atoms with Gasteiger partial charge in [0.25, 0.3) is 0 Å². The smallest absolute Gasteiger partial charge is 0.176 e.